The molecule has 2 amide bonds. The fourth-order valence-electron chi connectivity index (χ4n) is 1.72. The second-order valence-corrected chi connectivity index (χ2v) is 6.11. The quantitative estimate of drug-likeness (QED) is 0.775. The number of hydrogen-bond donors (Lipinski definition) is 2. The summed E-state index contributed by atoms with van der Waals surface area (Å²) in [5, 5.41) is 4.65. The molecule has 1 unspecified atom stereocenters. The maximum Gasteiger partial charge on any atom is 0.408 e. The third-order valence-electron chi connectivity index (χ3n) is 2.76. The van der Waals surface area contributed by atoms with Gasteiger partial charge in [-0.25, -0.2) is 13.6 Å². The molecule has 0 aliphatic rings. The number of nitrogens with one attached hydrogen (secondary N) is 2. The van der Waals surface area contributed by atoms with Crippen molar-refractivity contribution in [2.45, 2.75) is 45.4 Å². The van der Waals surface area contributed by atoms with Gasteiger partial charge in [0, 0.05) is 18.2 Å². The minimum Gasteiger partial charge on any atom is -0.444 e. The van der Waals surface area contributed by atoms with Gasteiger partial charge in [0.25, 0.3) is 0 Å². The number of hydrogen-bond acceptors (Lipinski definition) is 4. The monoisotopic (exact) mass is 342 g/mol. The van der Waals surface area contributed by atoms with Gasteiger partial charge in [0.05, 0.1) is 12.5 Å². The van der Waals surface area contributed by atoms with E-state index in [4.69, 9.17) is 4.74 Å². The Morgan fingerprint density at radius 3 is 2.50 bits per heavy atom. The van der Waals surface area contributed by atoms with Crippen LogP contribution in [0.1, 0.15) is 32.8 Å². The van der Waals surface area contributed by atoms with Crippen molar-refractivity contribution in [1.82, 2.24) is 10.6 Å². The third-order valence-corrected chi connectivity index (χ3v) is 2.76. The van der Waals surface area contributed by atoms with Gasteiger partial charge in [-0.1, -0.05) is 6.07 Å². The first-order valence-corrected chi connectivity index (χ1v) is 7.26. The number of aldehydes is 1. The van der Waals surface area contributed by atoms with Crippen LogP contribution in [0.4, 0.5) is 13.6 Å². The van der Waals surface area contributed by atoms with Crippen LogP contribution in [-0.4, -0.2) is 29.9 Å². The highest BCUT2D eigenvalue weighted by atomic mass is 19.1. The number of benzene rings is 1. The number of ether oxygens (including phenoxy) is 1. The Labute approximate surface area is 138 Å². The Hall–Kier alpha value is -2.51. The first-order valence-electron chi connectivity index (χ1n) is 7.26. The molecule has 0 fully saturated rings. The molecule has 1 rings (SSSR count). The molecule has 1 atom stereocenters. The van der Waals surface area contributed by atoms with Gasteiger partial charge in [0.15, 0.2) is 0 Å². The van der Waals surface area contributed by atoms with Crippen molar-refractivity contribution in [2.24, 2.45) is 0 Å². The van der Waals surface area contributed by atoms with Crippen molar-refractivity contribution in [1.29, 1.82) is 0 Å². The maximum absolute atomic E-state index is 13.4. The molecule has 0 aromatic heterocycles. The molecule has 0 saturated carbocycles. The zero-order valence-corrected chi connectivity index (χ0v) is 13.7. The average Bonchev–Trinajstić information content (AvgIpc) is 2.43. The van der Waals surface area contributed by atoms with Crippen molar-refractivity contribution >= 4 is 18.3 Å². The van der Waals surface area contributed by atoms with Crippen LogP contribution in [0.3, 0.4) is 0 Å². The fourth-order valence-corrected chi connectivity index (χ4v) is 1.72. The molecule has 1 aromatic rings. The largest absolute Gasteiger partial charge is 0.444 e. The minimum atomic E-state index is -1.07. The summed E-state index contributed by atoms with van der Waals surface area (Å²) in [5.41, 5.74) is -0.632. The smallest absolute Gasteiger partial charge is 0.408 e. The summed E-state index contributed by atoms with van der Waals surface area (Å²) < 4.78 is 31.2. The Morgan fingerprint density at radius 1 is 1.29 bits per heavy atom. The summed E-state index contributed by atoms with van der Waals surface area (Å²) in [6, 6.07) is 1.92. The molecule has 8 heteroatoms. The number of halogens is 2. The van der Waals surface area contributed by atoms with E-state index in [0.29, 0.717) is 12.4 Å². The Balaban J connectivity index is 2.49. The van der Waals surface area contributed by atoms with Gasteiger partial charge < -0.3 is 20.2 Å². The molecule has 0 aliphatic heterocycles. The zero-order valence-electron chi connectivity index (χ0n) is 13.7. The van der Waals surface area contributed by atoms with Crippen LogP contribution in [0.15, 0.2) is 18.2 Å². The Morgan fingerprint density at radius 2 is 1.96 bits per heavy atom. The van der Waals surface area contributed by atoms with Crippen molar-refractivity contribution in [3.05, 3.63) is 35.4 Å². The predicted octanol–water partition coefficient (Wildman–Crippen LogP) is 2.06. The topological polar surface area (TPSA) is 84.5 Å². The van der Waals surface area contributed by atoms with Crippen molar-refractivity contribution in [2.75, 3.05) is 0 Å². The van der Waals surface area contributed by atoms with Crippen LogP contribution in [0, 0.1) is 11.6 Å². The lowest BCUT2D eigenvalue weighted by Gasteiger charge is -2.21. The lowest BCUT2D eigenvalue weighted by molar-refractivity contribution is -0.123. The molecule has 2 N–H and O–H groups in total. The number of alkyl carbamates (subject to hydrolysis) is 1. The van der Waals surface area contributed by atoms with Crippen LogP contribution in [0.25, 0.3) is 0 Å². The van der Waals surface area contributed by atoms with Gasteiger partial charge in [0.1, 0.15) is 23.5 Å². The van der Waals surface area contributed by atoms with E-state index in [-0.39, 0.29) is 18.5 Å². The molecular formula is C16H20F2N2O4. The maximum atomic E-state index is 13.4. The van der Waals surface area contributed by atoms with Gasteiger partial charge in [-0.15, -0.1) is 0 Å². The van der Waals surface area contributed by atoms with Gasteiger partial charge in [0.2, 0.25) is 5.91 Å². The van der Waals surface area contributed by atoms with E-state index in [0.717, 1.165) is 6.07 Å². The second kappa shape index (κ2) is 8.37. The normalized spacial score (nSPS) is 12.2. The van der Waals surface area contributed by atoms with Crippen LogP contribution in [0.5, 0.6) is 0 Å². The van der Waals surface area contributed by atoms with Crippen molar-refractivity contribution in [3.63, 3.8) is 0 Å². The van der Waals surface area contributed by atoms with Gasteiger partial charge in [-0.2, -0.15) is 0 Å². The standard InChI is InChI=1S/C16H20F2N2O4/c1-16(2,3)24-15(23)20-12(9-21)7-14(22)19-8-10-4-5-11(17)6-13(10)18/h4-6,9,12H,7-8H2,1-3H3,(H,19,22)(H,20,23). The third kappa shape index (κ3) is 7.17. The summed E-state index contributed by atoms with van der Waals surface area (Å²) in [6.07, 6.45) is -0.745. The van der Waals surface area contributed by atoms with Gasteiger partial charge in [-0.05, 0) is 26.8 Å². The lowest BCUT2D eigenvalue weighted by Crippen LogP contribution is -2.42. The molecule has 0 saturated heterocycles. The van der Waals surface area contributed by atoms with Gasteiger partial charge >= 0.3 is 6.09 Å². The number of rotatable bonds is 6. The van der Waals surface area contributed by atoms with E-state index in [2.05, 4.69) is 10.6 Å². The SMILES string of the molecule is CC(C)(C)OC(=O)NC(C=O)CC(=O)NCc1ccc(F)cc1F. The summed E-state index contributed by atoms with van der Waals surface area (Å²) in [4.78, 5) is 34.3. The summed E-state index contributed by atoms with van der Waals surface area (Å²) >= 11 is 0. The Bertz CT molecular complexity index is 615. The lowest BCUT2D eigenvalue weighted by atomic mass is 10.2. The highest BCUT2D eigenvalue weighted by molar-refractivity contribution is 5.82. The summed E-state index contributed by atoms with van der Waals surface area (Å²) in [6.45, 7) is 4.81. The summed E-state index contributed by atoms with van der Waals surface area (Å²) in [5.74, 6) is -2.08. The first kappa shape index (κ1) is 19.5. The molecule has 0 spiro atoms. The fraction of sp³-hybridized carbons (Fsp3) is 0.438. The zero-order chi connectivity index (χ0) is 18.3. The van der Waals surface area contributed by atoms with Crippen molar-refractivity contribution in [3.8, 4) is 0 Å². The molecule has 0 aliphatic carbocycles. The minimum absolute atomic E-state index is 0.104. The average molecular weight is 342 g/mol. The molecule has 24 heavy (non-hydrogen) atoms. The molecule has 1 aromatic carbocycles. The van der Waals surface area contributed by atoms with Crippen LogP contribution in [-0.2, 0) is 20.9 Å². The molecule has 0 heterocycles. The number of amides is 2. The number of carbonyl (C=O) groups is 3. The van der Waals surface area contributed by atoms with Crippen LogP contribution in [0.2, 0.25) is 0 Å². The van der Waals surface area contributed by atoms with E-state index >= 15 is 0 Å². The van der Waals surface area contributed by atoms with Crippen LogP contribution < -0.4 is 10.6 Å². The second-order valence-electron chi connectivity index (χ2n) is 6.11. The van der Waals surface area contributed by atoms with E-state index < -0.39 is 35.3 Å². The molecule has 132 valence electrons. The van der Waals surface area contributed by atoms with E-state index in [1.807, 2.05) is 0 Å². The Kier molecular flexibility index (Phi) is 6.82. The molecule has 0 bridgehead atoms. The highest BCUT2D eigenvalue weighted by Crippen LogP contribution is 2.09. The van der Waals surface area contributed by atoms with E-state index in [9.17, 15) is 23.2 Å². The van der Waals surface area contributed by atoms with E-state index in [1.54, 1.807) is 20.8 Å². The van der Waals surface area contributed by atoms with Crippen LogP contribution >= 0.6 is 0 Å². The van der Waals surface area contributed by atoms with Gasteiger partial charge in [-0.3, -0.25) is 4.79 Å². The first-order chi connectivity index (χ1) is 11.1. The van der Waals surface area contributed by atoms with E-state index in [1.165, 1.54) is 6.07 Å². The predicted molar refractivity (Wildman–Crippen MR) is 82.0 cm³/mol. The highest BCUT2D eigenvalue weighted by Gasteiger charge is 2.21. The summed E-state index contributed by atoms with van der Waals surface area (Å²) in [7, 11) is 0. The molecule has 6 nitrogen and oxygen atoms in total. The molecule has 0 radical (unpaired) electrons. The van der Waals surface area contributed by atoms with Crippen molar-refractivity contribution < 1.29 is 27.9 Å². The molecular weight excluding hydrogens is 322 g/mol. The number of carbonyl (C=O) groups excluding carboxylic acids is 3.